The van der Waals surface area contributed by atoms with E-state index >= 15 is 0 Å². The summed E-state index contributed by atoms with van der Waals surface area (Å²) in [6, 6.07) is 11.6. The van der Waals surface area contributed by atoms with Gasteiger partial charge in [0.2, 0.25) is 0 Å². The van der Waals surface area contributed by atoms with E-state index in [2.05, 4.69) is 15.8 Å². The highest BCUT2D eigenvalue weighted by Gasteiger charge is 2.10. The number of hydrogen-bond acceptors (Lipinski definition) is 4. The molecular formula is C17H13FN4O3. The summed E-state index contributed by atoms with van der Waals surface area (Å²) in [5, 5.41) is 0.396. The van der Waals surface area contributed by atoms with Gasteiger partial charge in [0.1, 0.15) is 12.4 Å². The first kappa shape index (κ1) is 16.3. The van der Waals surface area contributed by atoms with Crippen molar-refractivity contribution in [2.45, 2.75) is 6.54 Å². The number of nitrogens with zero attached hydrogens (tertiary/aromatic N) is 2. The number of para-hydroxylation sites is 1. The van der Waals surface area contributed by atoms with Crippen LogP contribution in [0.2, 0.25) is 0 Å². The number of carbonyl (C=O) groups excluding carboxylic acids is 2. The Labute approximate surface area is 141 Å². The third kappa shape index (κ3) is 3.69. The van der Waals surface area contributed by atoms with Crippen LogP contribution in [0.1, 0.15) is 10.4 Å². The van der Waals surface area contributed by atoms with Crippen LogP contribution in [-0.4, -0.2) is 21.4 Å². The van der Waals surface area contributed by atoms with Crippen molar-refractivity contribution in [3.63, 3.8) is 0 Å². The van der Waals surface area contributed by atoms with Gasteiger partial charge in [0.25, 0.3) is 17.4 Å². The van der Waals surface area contributed by atoms with E-state index in [0.29, 0.717) is 10.9 Å². The number of fused-ring (bicyclic) bond motifs is 1. The smallest absolute Gasteiger partial charge is 0.269 e. The molecule has 0 atom stereocenters. The number of amides is 2. The molecule has 2 aromatic carbocycles. The van der Waals surface area contributed by atoms with Crippen LogP contribution >= 0.6 is 0 Å². The molecule has 0 radical (unpaired) electrons. The highest BCUT2D eigenvalue weighted by atomic mass is 19.1. The molecule has 3 aromatic rings. The summed E-state index contributed by atoms with van der Waals surface area (Å²) in [7, 11) is 0. The van der Waals surface area contributed by atoms with E-state index in [0.717, 1.165) is 16.7 Å². The Kier molecular flexibility index (Phi) is 4.51. The predicted octanol–water partition coefficient (Wildman–Crippen LogP) is 0.997. The maximum Gasteiger partial charge on any atom is 0.269 e. The molecule has 126 valence electrons. The van der Waals surface area contributed by atoms with E-state index in [1.807, 2.05) is 0 Å². The molecule has 0 saturated carbocycles. The van der Waals surface area contributed by atoms with Crippen molar-refractivity contribution in [3.8, 4) is 0 Å². The van der Waals surface area contributed by atoms with E-state index in [-0.39, 0.29) is 17.7 Å². The minimum atomic E-state index is -0.602. The van der Waals surface area contributed by atoms with Crippen LogP contribution in [-0.2, 0) is 11.3 Å². The number of rotatable bonds is 3. The van der Waals surface area contributed by atoms with Crippen molar-refractivity contribution in [2.75, 3.05) is 0 Å². The predicted molar refractivity (Wildman–Crippen MR) is 88.0 cm³/mol. The maximum atomic E-state index is 12.8. The molecule has 2 amide bonds. The van der Waals surface area contributed by atoms with Gasteiger partial charge in [-0.15, -0.1) is 0 Å². The van der Waals surface area contributed by atoms with Crippen LogP contribution in [0.25, 0.3) is 10.9 Å². The zero-order chi connectivity index (χ0) is 17.8. The van der Waals surface area contributed by atoms with Crippen molar-refractivity contribution in [2.24, 2.45) is 0 Å². The SMILES string of the molecule is O=C(Cn1cnc2ccccc2c1=O)NNC(=O)c1ccc(F)cc1. The second-order valence-electron chi connectivity index (χ2n) is 5.20. The fourth-order valence-electron chi connectivity index (χ4n) is 2.21. The third-order valence-corrected chi connectivity index (χ3v) is 3.47. The lowest BCUT2D eigenvalue weighted by atomic mass is 10.2. The Morgan fingerprint density at radius 3 is 2.52 bits per heavy atom. The molecule has 0 aliphatic carbocycles. The monoisotopic (exact) mass is 340 g/mol. The molecule has 0 saturated heterocycles. The minimum absolute atomic E-state index is 0.186. The molecule has 0 unspecified atom stereocenters. The zero-order valence-corrected chi connectivity index (χ0v) is 12.9. The second kappa shape index (κ2) is 6.91. The quantitative estimate of drug-likeness (QED) is 0.696. The summed E-state index contributed by atoms with van der Waals surface area (Å²) in [6.45, 7) is -0.305. The number of carbonyl (C=O) groups is 2. The minimum Gasteiger partial charge on any atom is -0.289 e. The average Bonchev–Trinajstić information content (AvgIpc) is 2.63. The Morgan fingerprint density at radius 1 is 1.04 bits per heavy atom. The first-order chi connectivity index (χ1) is 12.0. The Morgan fingerprint density at radius 2 is 1.76 bits per heavy atom. The van der Waals surface area contributed by atoms with Gasteiger partial charge in [-0.3, -0.25) is 29.8 Å². The topological polar surface area (TPSA) is 93.1 Å². The van der Waals surface area contributed by atoms with Crippen LogP contribution in [0.5, 0.6) is 0 Å². The van der Waals surface area contributed by atoms with Gasteiger partial charge in [0.15, 0.2) is 0 Å². The molecular weight excluding hydrogens is 327 g/mol. The molecule has 1 aromatic heterocycles. The van der Waals surface area contributed by atoms with Crippen molar-refractivity contribution < 1.29 is 14.0 Å². The van der Waals surface area contributed by atoms with Crippen molar-refractivity contribution in [3.05, 3.63) is 76.6 Å². The van der Waals surface area contributed by atoms with Gasteiger partial charge in [-0.25, -0.2) is 9.37 Å². The number of benzene rings is 2. The molecule has 8 heteroatoms. The number of aromatic nitrogens is 2. The van der Waals surface area contributed by atoms with Gasteiger partial charge in [-0.05, 0) is 36.4 Å². The molecule has 0 aliphatic heterocycles. The van der Waals surface area contributed by atoms with Crippen molar-refractivity contribution >= 4 is 22.7 Å². The highest BCUT2D eigenvalue weighted by Crippen LogP contribution is 2.04. The lowest BCUT2D eigenvalue weighted by Gasteiger charge is -2.09. The first-order valence-electron chi connectivity index (χ1n) is 7.33. The normalized spacial score (nSPS) is 10.4. The van der Waals surface area contributed by atoms with Crippen molar-refractivity contribution in [1.29, 1.82) is 0 Å². The number of hydrogen-bond donors (Lipinski definition) is 2. The summed E-state index contributed by atoms with van der Waals surface area (Å²) in [6.07, 6.45) is 1.27. The number of nitrogens with one attached hydrogen (secondary N) is 2. The van der Waals surface area contributed by atoms with Crippen LogP contribution in [0.3, 0.4) is 0 Å². The molecule has 25 heavy (non-hydrogen) atoms. The summed E-state index contributed by atoms with van der Waals surface area (Å²) < 4.78 is 14.0. The van der Waals surface area contributed by atoms with E-state index < -0.39 is 17.6 Å². The number of hydrazine groups is 1. The molecule has 0 bridgehead atoms. The lowest BCUT2D eigenvalue weighted by molar-refractivity contribution is -0.122. The fourth-order valence-corrected chi connectivity index (χ4v) is 2.21. The van der Waals surface area contributed by atoms with Gasteiger partial charge in [0.05, 0.1) is 17.2 Å². The van der Waals surface area contributed by atoms with E-state index in [4.69, 9.17) is 0 Å². The van der Waals surface area contributed by atoms with E-state index in [9.17, 15) is 18.8 Å². The van der Waals surface area contributed by atoms with Crippen LogP contribution in [0.4, 0.5) is 4.39 Å². The first-order valence-corrected chi connectivity index (χ1v) is 7.33. The van der Waals surface area contributed by atoms with Gasteiger partial charge in [-0.2, -0.15) is 0 Å². The van der Waals surface area contributed by atoms with E-state index in [1.54, 1.807) is 24.3 Å². The maximum absolute atomic E-state index is 12.8. The largest absolute Gasteiger partial charge is 0.289 e. The van der Waals surface area contributed by atoms with Crippen LogP contribution in [0.15, 0.2) is 59.7 Å². The summed E-state index contributed by atoms with van der Waals surface area (Å²) in [5.41, 5.74) is 4.76. The van der Waals surface area contributed by atoms with Gasteiger partial charge in [-0.1, -0.05) is 12.1 Å². The summed E-state index contributed by atoms with van der Waals surface area (Å²) in [4.78, 5) is 40.1. The highest BCUT2D eigenvalue weighted by molar-refractivity contribution is 5.95. The third-order valence-electron chi connectivity index (χ3n) is 3.47. The summed E-state index contributed by atoms with van der Waals surface area (Å²) >= 11 is 0. The van der Waals surface area contributed by atoms with Gasteiger partial charge in [0, 0.05) is 5.56 Å². The summed E-state index contributed by atoms with van der Waals surface area (Å²) in [5.74, 6) is -1.67. The Bertz CT molecular complexity index is 999. The molecule has 1 heterocycles. The molecule has 0 aliphatic rings. The van der Waals surface area contributed by atoms with Gasteiger partial charge < -0.3 is 0 Å². The molecule has 3 rings (SSSR count). The van der Waals surface area contributed by atoms with Crippen molar-refractivity contribution in [1.82, 2.24) is 20.4 Å². The molecule has 2 N–H and O–H groups in total. The van der Waals surface area contributed by atoms with Crippen LogP contribution < -0.4 is 16.4 Å². The Hall–Kier alpha value is -3.55. The van der Waals surface area contributed by atoms with Gasteiger partial charge >= 0.3 is 0 Å². The lowest BCUT2D eigenvalue weighted by Crippen LogP contribution is -2.44. The molecule has 0 fully saturated rings. The second-order valence-corrected chi connectivity index (χ2v) is 5.20. The zero-order valence-electron chi connectivity index (χ0n) is 12.9. The molecule has 7 nitrogen and oxygen atoms in total. The Balaban J connectivity index is 1.65. The number of halogens is 1. The average molecular weight is 340 g/mol. The fraction of sp³-hybridized carbons (Fsp3) is 0.0588. The standard InChI is InChI=1S/C17H13FN4O3/c18-12-7-5-11(6-8-12)16(24)21-20-15(23)9-22-10-19-14-4-2-1-3-13(14)17(22)25/h1-8,10H,9H2,(H,20,23)(H,21,24). The van der Waals surface area contributed by atoms with Crippen LogP contribution in [0, 0.1) is 5.82 Å². The molecule has 0 spiro atoms. The van der Waals surface area contributed by atoms with E-state index in [1.165, 1.54) is 18.5 Å².